The van der Waals surface area contributed by atoms with Gasteiger partial charge < -0.3 is 15.3 Å². The summed E-state index contributed by atoms with van der Waals surface area (Å²) >= 11 is 0. The Morgan fingerprint density at radius 1 is 1.00 bits per heavy atom. The average molecular weight is 368 g/mol. The molecule has 0 aliphatic heterocycles. The fourth-order valence-corrected chi connectivity index (χ4v) is 2.84. The molecule has 142 valence electrons. The van der Waals surface area contributed by atoms with Crippen molar-refractivity contribution in [3.05, 3.63) is 65.2 Å². The maximum Gasteiger partial charge on any atom is 0.335 e. The largest absolute Gasteiger partial charge is 0.478 e. The predicted molar refractivity (Wildman–Crippen MR) is 104 cm³/mol. The van der Waals surface area contributed by atoms with Crippen LogP contribution in [0.1, 0.15) is 46.5 Å². The molecule has 2 N–H and O–H groups in total. The monoisotopic (exact) mass is 368 g/mol. The number of amides is 2. The van der Waals surface area contributed by atoms with E-state index in [9.17, 15) is 19.5 Å². The highest BCUT2D eigenvalue weighted by Crippen LogP contribution is 2.15. The summed E-state index contributed by atoms with van der Waals surface area (Å²) in [5, 5.41) is 12.0. The zero-order valence-corrected chi connectivity index (χ0v) is 15.6. The molecule has 0 aromatic heterocycles. The highest BCUT2D eigenvalue weighted by atomic mass is 16.4. The van der Waals surface area contributed by atoms with E-state index in [2.05, 4.69) is 5.32 Å². The Morgan fingerprint density at radius 2 is 1.70 bits per heavy atom. The number of carbonyl (C=O) groups excluding carboxylic acids is 2. The number of carboxylic acid groups (broad SMARTS) is 1. The van der Waals surface area contributed by atoms with Crippen LogP contribution in [0.15, 0.2) is 48.5 Å². The molecule has 6 nitrogen and oxygen atoms in total. The van der Waals surface area contributed by atoms with E-state index in [0.717, 1.165) is 0 Å². The highest BCUT2D eigenvalue weighted by molar-refractivity contribution is 5.97. The zero-order valence-electron chi connectivity index (χ0n) is 15.6. The predicted octanol–water partition coefficient (Wildman–Crippen LogP) is 3.44. The van der Waals surface area contributed by atoms with E-state index in [4.69, 9.17) is 0 Å². The Bertz CT molecular complexity index is 828. The molecule has 2 aromatic carbocycles. The number of aromatic carboxylic acids is 1. The van der Waals surface area contributed by atoms with Crippen LogP contribution in [0.2, 0.25) is 0 Å². The number of carbonyl (C=O) groups is 3. The third kappa shape index (κ3) is 5.41. The van der Waals surface area contributed by atoms with Crippen molar-refractivity contribution >= 4 is 23.5 Å². The minimum Gasteiger partial charge on any atom is -0.478 e. The SMILES string of the molecule is CCN(CC)C(=O)c1cccc(NC(=O)CCc2ccccc2C(=O)O)c1. The number of hydrogen-bond acceptors (Lipinski definition) is 3. The summed E-state index contributed by atoms with van der Waals surface area (Å²) in [7, 11) is 0. The first kappa shape index (κ1) is 20.2. The van der Waals surface area contributed by atoms with Gasteiger partial charge in [-0.15, -0.1) is 0 Å². The minimum absolute atomic E-state index is 0.0773. The first-order chi connectivity index (χ1) is 13.0. The van der Waals surface area contributed by atoms with E-state index < -0.39 is 5.97 Å². The van der Waals surface area contributed by atoms with E-state index in [1.165, 1.54) is 6.07 Å². The third-order valence-electron chi connectivity index (χ3n) is 4.31. The van der Waals surface area contributed by atoms with Crippen LogP contribution in [0.4, 0.5) is 5.69 Å². The molecule has 0 spiro atoms. The summed E-state index contributed by atoms with van der Waals surface area (Å²) in [6, 6.07) is 13.5. The Morgan fingerprint density at radius 3 is 2.37 bits per heavy atom. The van der Waals surface area contributed by atoms with Gasteiger partial charge in [-0.25, -0.2) is 4.79 Å². The zero-order chi connectivity index (χ0) is 19.8. The van der Waals surface area contributed by atoms with Crippen molar-refractivity contribution in [2.24, 2.45) is 0 Å². The molecule has 0 saturated carbocycles. The van der Waals surface area contributed by atoms with Crippen LogP contribution in [0.3, 0.4) is 0 Å². The first-order valence-corrected chi connectivity index (χ1v) is 8.96. The Balaban J connectivity index is 2.01. The standard InChI is InChI=1S/C21H24N2O4/c1-3-23(4-2)20(25)16-9-7-10-17(14-16)22-19(24)13-12-15-8-5-6-11-18(15)21(26)27/h5-11,14H,3-4,12-13H2,1-2H3,(H,22,24)(H,26,27). The number of carboxylic acids is 1. The molecular weight excluding hydrogens is 344 g/mol. The average Bonchev–Trinajstić information content (AvgIpc) is 2.67. The summed E-state index contributed by atoms with van der Waals surface area (Å²) in [5.41, 5.74) is 1.89. The van der Waals surface area contributed by atoms with Gasteiger partial charge in [0.1, 0.15) is 0 Å². The lowest BCUT2D eigenvalue weighted by Crippen LogP contribution is -2.30. The third-order valence-corrected chi connectivity index (χ3v) is 4.31. The molecule has 0 heterocycles. The lowest BCUT2D eigenvalue weighted by atomic mass is 10.0. The van der Waals surface area contributed by atoms with Crippen LogP contribution >= 0.6 is 0 Å². The van der Waals surface area contributed by atoms with Gasteiger partial charge in [-0.1, -0.05) is 24.3 Å². The summed E-state index contributed by atoms with van der Waals surface area (Å²) < 4.78 is 0. The quantitative estimate of drug-likeness (QED) is 0.747. The van der Waals surface area contributed by atoms with Crippen molar-refractivity contribution in [2.45, 2.75) is 26.7 Å². The molecule has 27 heavy (non-hydrogen) atoms. The van der Waals surface area contributed by atoms with Gasteiger partial charge in [0.05, 0.1) is 5.56 Å². The Labute approximate surface area is 158 Å². The van der Waals surface area contributed by atoms with Crippen LogP contribution in [-0.2, 0) is 11.2 Å². The molecule has 2 aromatic rings. The lowest BCUT2D eigenvalue weighted by Gasteiger charge is -2.19. The molecule has 0 atom stereocenters. The normalized spacial score (nSPS) is 10.3. The molecule has 2 rings (SSSR count). The smallest absolute Gasteiger partial charge is 0.335 e. The lowest BCUT2D eigenvalue weighted by molar-refractivity contribution is -0.116. The number of rotatable bonds is 8. The highest BCUT2D eigenvalue weighted by Gasteiger charge is 2.14. The summed E-state index contributed by atoms with van der Waals surface area (Å²) in [6.45, 7) is 5.08. The summed E-state index contributed by atoms with van der Waals surface area (Å²) in [5.74, 6) is -1.32. The Hall–Kier alpha value is -3.15. The fraction of sp³-hybridized carbons (Fsp3) is 0.286. The topological polar surface area (TPSA) is 86.7 Å². The van der Waals surface area contributed by atoms with Gasteiger partial charge in [-0.3, -0.25) is 9.59 Å². The van der Waals surface area contributed by atoms with Crippen molar-refractivity contribution < 1.29 is 19.5 Å². The second-order valence-corrected chi connectivity index (χ2v) is 6.07. The van der Waals surface area contributed by atoms with Crippen LogP contribution in [-0.4, -0.2) is 40.9 Å². The van der Waals surface area contributed by atoms with Crippen molar-refractivity contribution in [3.8, 4) is 0 Å². The number of anilines is 1. The number of aryl methyl sites for hydroxylation is 1. The summed E-state index contributed by atoms with van der Waals surface area (Å²) in [4.78, 5) is 37.6. The van der Waals surface area contributed by atoms with Gasteiger partial charge in [-0.05, 0) is 50.1 Å². The number of hydrogen-bond donors (Lipinski definition) is 2. The maximum atomic E-state index is 12.4. The molecule has 0 unspecified atom stereocenters. The van der Waals surface area contributed by atoms with Crippen molar-refractivity contribution in [2.75, 3.05) is 18.4 Å². The number of nitrogens with zero attached hydrogens (tertiary/aromatic N) is 1. The molecule has 2 amide bonds. The van der Waals surface area contributed by atoms with Gasteiger partial charge >= 0.3 is 5.97 Å². The van der Waals surface area contributed by atoms with Gasteiger partial charge in [0, 0.05) is 30.8 Å². The summed E-state index contributed by atoms with van der Waals surface area (Å²) in [6.07, 6.45) is 0.477. The van der Waals surface area contributed by atoms with Crippen molar-refractivity contribution in [3.63, 3.8) is 0 Å². The van der Waals surface area contributed by atoms with E-state index in [1.54, 1.807) is 47.4 Å². The second kappa shape index (κ2) is 9.52. The van der Waals surface area contributed by atoms with Crippen LogP contribution in [0.5, 0.6) is 0 Å². The van der Waals surface area contributed by atoms with Crippen LogP contribution in [0, 0.1) is 0 Å². The van der Waals surface area contributed by atoms with Crippen LogP contribution < -0.4 is 5.32 Å². The van der Waals surface area contributed by atoms with Gasteiger partial charge in [-0.2, -0.15) is 0 Å². The number of benzene rings is 2. The Kier molecular flexibility index (Phi) is 7.11. The van der Waals surface area contributed by atoms with E-state index >= 15 is 0 Å². The van der Waals surface area contributed by atoms with Gasteiger partial charge in [0.2, 0.25) is 5.91 Å². The van der Waals surface area contributed by atoms with Gasteiger partial charge in [0.15, 0.2) is 0 Å². The molecular formula is C21H24N2O4. The molecule has 6 heteroatoms. The molecule has 0 aliphatic carbocycles. The van der Waals surface area contributed by atoms with E-state index in [1.807, 2.05) is 13.8 Å². The van der Waals surface area contributed by atoms with Crippen molar-refractivity contribution in [1.29, 1.82) is 0 Å². The number of nitrogens with one attached hydrogen (secondary N) is 1. The molecule has 0 saturated heterocycles. The molecule has 0 bridgehead atoms. The molecule has 0 fully saturated rings. The molecule has 0 radical (unpaired) electrons. The van der Waals surface area contributed by atoms with Crippen LogP contribution in [0.25, 0.3) is 0 Å². The van der Waals surface area contributed by atoms with E-state index in [0.29, 0.717) is 36.3 Å². The van der Waals surface area contributed by atoms with Gasteiger partial charge in [0.25, 0.3) is 5.91 Å². The minimum atomic E-state index is -1.01. The maximum absolute atomic E-state index is 12.4. The second-order valence-electron chi connectivity index (χ2n) is 6.07. The fourth-order valence-electron chi connectivity index (χ4n) is 2.84. The van der Waals surface area contributed by atoms with E-state index in [-0.39, 0.29) is 23.8 Å². The first-order valence-electron chi connectivity index (χ1n) is 8.96. The molecule has 0 aliphatic rings. The van der Waals surface area contributed by atoms with Crippen molar-refractivity contribution in [1.82, 2.24) is 4.90 Å².